The van der Waals surface area contributed by atoms with Gasteiger partial charge >= 0.3 is 12.1 Å². The molecule has 1 N–H and O–H groups in total. The van der Waals surface area contributed by atoms with Crippen LogP contribution in [0.4, 0.5) is 21.0 Å². The Hall–Kier alpha value is -2.81. The lowest BCUT2D eigenvalue weighted by Crippen LogP contribution is -2.53. The molecule has 1 saturated carbocycles. The fourth-order valence-electron chi connectivity index (χ4n) is 6.57. The fraction of sp³-hybridized carbons (Fsp3) is 0.690. The minimum absolute atomic E-state index is 0.165. The smallest absolute Gasteiger partial charge is 0.410 e. The van der Waals surface area contributed by atoms with E-state index in [0.717, 1.165) is 57.8 Å². The number of nitrogens with one attached hydrogen (secondary N) is 1. The summed E-state index contributed by atoms with van der Waals surface area (Å²) in [4.78, 5) is 44.6. The lowest BCUT2D eigenvalue weighted by atomic mass is 9.66. The highest BCUT2D eigenvalue weighted by molar-refractivity contribution is 6.05. The summed E-state index contributed by atoms with van der Waals surface area (Å²) in [7, 11) is 0. The lowest BCUT2D eigenvalue weighted by Gasteiger charge is -2.49. The minimum atomic E-state index is -0.439. The SMILES string of the molecule is CC(C)(C)OC(=O)N1CCC2(CCC(N3CCN(c4ccc(N5CCC(=O)NC5=O)cc4)CC3)CC2)CC1. The first-order valence-corrected chi connectivity index (χ1v) is 14.3. The summed E-state index contributed by atoms with van der Waals surface area (Å²) in [5.74, 6) is -0.211. The maximum atomic E-state index is 12.4. The van der Waals surface area contributed by atoms with Gasteiger partial charge in [-0.2, -0.15) is 0 Å². The molecule has 5 rings (SSSR count). The number of anilines is 2. The number of hydrogen-bond donors (Lipinski definition) is 1. The highest BCUT2D eigenvalue weighted by Crippen LogP contribution is 2.46. The zero-order chi connectivity index (χ0) is 26.9. The summed E-state index contributed by atoms with van der Waals surface area (Å²) >= 11 is 0. The monoisotopic (exact) mass is 525 g/mol. The van der Waals surface area contributed by atoms with Crippen LogP contribution in [-0.2, 0) is 9.53 Å². The molecular formula is C29H43N5O4. The summed E-state index contributed by atoms with van der Waals surface area (Å²) in [5, 5.41) is 2.39. The van der Waals surface area contributed by atoms with Crippen LogP contribution in [0.25, 0.3) is 0 Å². The molecule has 0 atom stereocenters. The van der Waals surface area contributed by atoms with Gasteiger partial charge in [0.15, 0.2) is 0 Å². The predicted molar refractivity (Wildman–Crippen MR) is 147 cm³/mol. The van der Waals surface area contributed by atoms with Crippen LogP contribution in [0.2, 0.25) is 0 Å². The van der Waals surface area contributed by atoms with Crippen molar-refractivity contribution in [2.75, 3.05) is 55.6 Å². The predicted octanol–water partition coefficient (Wildman–Crippen LogP) is 4.21. The molecule has 3 aliphatic heterocycles. The van der Waals surface area contributed by atoms with Crippen LogP contribution < -0.4 is 15.1 Å². The van der Waals surface area contributed by atoms with Gasteiger partial charge in [0, 0.05) is 69.7 Å². The van der Waals surface area contributed by atoms with E-state index in [2.05, 4.69) is 27.2 Å². The van der Waals surface area contributed by atoms with E-state index in [-0.39, 0.29) is 18.0 Å². The van der Waals surface area contributed by atoms with E-state index in [9.17, 15) is 14.4 Å². The Morgan fingerprint density at radius 1 is 0.868 bits per heavy atom. The first-order chi connectivity index (χ1) is 18.1. The van der Waals surface area contributed by atoms with Crippen molar-refractivity contribution in [3.8, 4) is 0 Å². The number of imide groups is 1. The van der Waals surface area contributed by atoms with Gasteiger partial charge in [0.25, 0.3) is 0 Å². The second kappa shape index (κ2) is 10.8. The molecule has 9 nitrogen and oxygen atoms in total. The normalized spacial score (nSPS) is 23.5. The molecule has 1 aliphatic carbocycles. The molecule has 1 spiro atoms. The summed E-state index contributed by atoms with van der Waals surface area (Å²) in [6.45, 7) is 12.0. The standard InChI is InChI=1S/C29H43N5O4/c1-28(2,3)38-27(37)33-16-13-29(14-17-33)11-8-23(9-12-29)32-20-18-31(19-21-32)22-4-6-24(7-5-22)34-15-10-25(35)30-26(34)36/h4-7,23H,8-21H2,1-3H3,(H,30,35,36). The number of carbonyl (C=O) groups excluding carboxylic acids is 3. The van der Waals surface area contributed by atoms with Gasteiger partial charge in [-0.25, -0.2) is 9.59 Å². The van der Waals surface area contributed by atoms with E-state index < -0.39 is 5.60 Å². The first kappa shape index (κ1) is 26.8. The zero-order valence-corrected chi connectivity index (χ0v) is 23.2. The van der Waals surface area contributed by atoms with Crippen LogP contribution in [0.3, 0.4) is 0 Å². The quantitative estimate of drug-likeness (QED) is 0.636. The largest absolute Gasteiger partial charge is 0.444 e. The van der Waals surface area contributed by atoms with Crippen molar-refractivity contribution in [1.29, 1.82) is 0 Å². The molecule has 3 heterocycles. The number of rotatable bonds is 3. The molecular weight excluding hydrogens is 482 g/mol. The second-order valence-corrected chi connectivity index (χ2v) is 12.5. The van der Waals surface area contributed by atoms with Crippen molar-refractivity contribution in [2.24, 2.45) is 5.41 Å². The fourth-order valence-corrected chi connectivity index (χ4v) is 6.57. The number of likely N-dealkylation sites (tertiary alicyclic amines) is 1. The molecule has 4 aliphatic rings. The Bertz CT molecular complexity index is 1010. The van der Waals surface area contributed by atoms with Gasteiger partial charge in [-0.05, 0) is 89.0 Å². The molecule has 0 unspecified atom stereocenters. The van der Waals surface area contributed by atoms with Crippen LogP contribution in [0.1, 0.15) is 65.7 Å². The number of benzene rings is 1. The highest BCUT2D eigenvalue weighted by Gasteiger charge is 2.41. The Balaban J connectivity index is 1.06. The van der Waals surface area contributed by atoms with Gasteiger partial charge in [0.2, 0.25) is 5.91 Å². The molecule has 9 heteroatoms. The average molecular weight is 526 g/mol. The van der Waals surface area contributed by atoms with E-state index in [0.29, 0.717) is 24.4 Å². The maximum absolute atomic E-state index is 12.4. The topological polar surface area (TPSA) is 85.4 Å². The molecule has 38 heavy (non-hydrogen) atoms. The van der Waals surface area contributed by atoms with Crippen LogP contribution in [0.5, 0.6) is 0 Å². The van der Waals surface area contributed by atoms with Crippen LogP contribution in [0.15, 0.2) is 24.3 Å². The van der Waals surface area contributed by atoms with Crippen molar-refractivity contribution in [3.63, 3.8) is 0 Å². The Kier molecular flexibility index (Phi) is 7.58. The number of hydrogen-bond acceptors (Lipinski definition) is 6. The summed E-state index contributed by atoms with van der Waals surface area (Å²) in [5.41, 5.74) is 1.97. The average Bonchev–Trinajstić information content (AvgIpc) is 2.89. The zero-order valence-electron chi connectivity index (χ0n) is 23.2. The summed E-state index contributed by atoms with van der Waals surface area (Å²) < 4.78 is 5.58. The first-order valence-electron chi connectivity index (χ1n) is 14.3. The van der Waals surface area contributed by atoms with Gasteiger partial charge in [0.1, 0.15) is 5.60 Å². The van der Waals surface area contributed by atoms with E-state index >= 15 is 0 Å². The second-order valence-electron chi connectivity index (χ2n) is 12.5. The third kappa shape index (κ3) is 6.08. The van der Waals surface area contributed by atoms with Gasteiger partial charge in [-0.3, -0.25) is 19.9 Å². The maximum Gasteiger partial charge on any atom is 0.410 e. The number of carbonyl (C=O) groups is 3. The van der Waals surface area contributed by atoms with E-state index in [1.807, 2.05) is 37.8 Å². The third-order valence-electron chi connectivity index (χ3n) is 8.90. The number of urea groups is 1. The Morgan fingerprint density at radius 2 is 1.47 bits per heavy atom. The Morgan fingerprint density at radius 3 is 2.05 bits per heavy atom. The molecule has 1 aromatic rings. The molecule has 3 saturated heterocycles. The van der Waals surface area contributed by atoms with Crippen LogP contribution >= 0.6 is 0 Å². The lowest BCUT2D eigenvalue weighted by molar-refractivity contribution is -0.120. The summed E-state index contributed by atoms with van der Waals surface area (Å²) in [6, 6.07) is 8.45. The number of nitrogens with zero attached hydrogens (tertiary/aromatic N) is 4. The number of ether oxygens (including phenoxy) is 1. The highest BCUT2D eigenvalue weighted by atomic mass is 16.6. The van der Waals surface area contributed by atoms with Gasteiger partial charge in [-0.15, -0.1) is 0 Å². The molecule has 0 bridgehead atoms. The van der Waals surface area contributed by atoms with Crippen molar-refractivity contribution < 1.29 is 19.1 Å². The number of piperazine rings is 1. The van der Waals surface area contributed by atoms with Crippen LogP contribution in [-0.4, -0.2) is 85.3 Å². The third-order valence-corrected chi connectivity index (χ3v) is 8.90. The van der Waals surface area contributed by atoms with Crippen molar-refractivity contribution in [3.05, 3.63) is 24.3 Å². The van der Waals surface area contributed by atoms with Crippen LogP contribution in [0, 0.1) is 5.41 Å². The van der Waals surface area contributed by atoms with E-state index in [4.69, 9.17) is 4.74 Å². The molecule has 1 aromatic carbocycles. The number of amides is 4. The molecule has 0 radical (unpaired) electrons. The molecule has 4 amide bonds. The van der Waals surface area contributed by atoms with Gasteiger partial charge in [-0.1, -0.05) is 0 Å². The van der Waals surface area contributed by atoms with Gasteiger partial charge < -0.3 is 14.5 Å². The number of piperidine rings is 1. The van der Waals surface area contributed by atoms with Crippen molar-refractivity contribution >= 4 is 29.4 Å². The summed E-state index contributed by atoms with van der Waals surface area (Å²) in [6.07, 6.45) is 7.39. The Labute approximate surface area is 226 Å². The van der Waals surface area contributed by atoms with Crippen molar-refractivity contribution in [2.45, 2.75) is 77.4 Å². The molecule has 208 valence electrons. The minimum Gasteiger partial charge on any atom is -0.444 e. The van der Waals surface area contributed by atoms with Gasteiger partial charge in [0.05, 0.1) is 0 Å². The van der Waals surface area contributed by atoms with Crippen molar-refractivity contribution in [1.82, 2.24) is 15.1 Å². The van der Waals surface area contributed by atoms with E-state index in [1.54, 1.807) is 4.90 Å². The van der Waals surface area contributed by atoms with E-state index in [1.165, 1.54) is 31.4 Å². The molecule has 4 fully saturated rings. The molecule has 0 aromatic heterocycles.